The van der Waals surface area contributed by atoms with E-state index >= 15 is 0 Å². The highest BCUT2D eigenvalue weighted by atomic mass is 16.5. The molecule has 1 unspecified atom stereocenters. The minimum Gasteiger partial charge on any atom is -0.364 e. The van der Waals surface area contributed by atoms with Crippen LogP contribution in [0.25, 0.3) is 0 Å². The highest BCUT2D eigenvalue weighted by molar-refractivity contribution is 5.34. The first-order chi connectivity index (χ1) is 8.29. The van der Waals surface area contributed by atoms with Gasteiger partial charge in [0.25, 0.3) is 0 Å². The van der Waals surface area contributed by atoms with E-state index in [4.69, 9.17) is 9.78 Å². The highest BCUT2D eigenvalue weighted by Crippen LogP contribution is 2.14. The number of aromatic nitrogens is 1. The van der Waals surface area contributed by atoms with Gasteiger partial charge in [0.1, 0.15) is 6.26 Å². The molecule has 0 bridgehead atoms. The molecule has 0 amide bonds. The molecule has 4 nitrogen and oxygen atoms in total. The lowest BCUT2D eigenvalue weighted by atomic mass is 10.1. The average Bonchev–Trinajstić information content (AvgIpc) is 2.89. The summed E-state index contributed by atoms with van der Waals surface area (Å²) in [6.45, 7) is 2.70. The van der Waals surface area contributed by atoms with E-state index in [0.717, 1.165) is 11.3 Å². The lowest BCUT2D eigenvalue weighted by molar-refractivity contribution is 0.406. The summed E-state index contributed by atoms with van der Waals surface area (Å²) in [7, 11) is 0. The Labute approximate surface area is 99.9 Å². The van der Waals surface area contributed by atoms with Crippen LogP contribution in [0, 0.1) is 11.3 Å². The molecule has 1 heterocycles. The van der Waals surface area contributed by atoms with Crippen molar-refractivity contribution >= 4 is 0 Å². The van der Waals surface area contributed by atoms with Crippen LogP contribution in [-0.2, 0) is 6.54 Å². The molecule has 2 rings (SSSR count). The van der Waals surface area contributed by atoms with E-state index in [1.807, 2.05) is 24.3 Å². The van der Waals surface area contributed by atoms with E-state index in [2.05, 4.69) is 23.5 Å². The lowest BCUT2D eigenvalue weighted by Gasteiger charge is -2.13. The van der Waals surface area contributed by atoms with Gasteiger partial charge in [0.15, 0.2) is 0 Å². The maximum absolute atomic E-state index is 8.83. The molecule has 0 aliphatic rings. The fraction of sp³-hybridized carbons (Fsp3) is 0.231. The van der Waals surface area contributed by atoms with Crippen molar-refractivity contribution < 1.29 is 4.52 Å². The summed E-state index contributed by atoms with van der Waals surface area (Å²) in [4.78, 5) is 0. The van der Waals surface area contributed by atoms with E-state index in [1.54, 1.807) is 12.3 Å². The van der Waals surface area contributed by atoms with Gasteiger partial charge in [-0.3, -0.25) is 0 Å². The van der Waals surface area contributed by atoms with Crippen molar-refractivity contribution in [1.29, 1.82) is 5.26 Å². The zero-order valence-electron chi connectivity index (χ0n) is 9.55. The first-order valence-electron chi connectivity index (χ1n) is 5.42. The van der Waals surface area contributed by atoms with Crippen molar-refractivity contribution in [2.75, 3.05) is 0 Å². The molecule has 4 heteroatoms. The summed E-state index contributed by atoms with van der Waals surface area (Å²) in [6.07, 6.45) is 1.55. The Morgan fingerprint density at radius 1 is 1.47 bits per heavy atom. The summed E-state index contributed by atoms with van der Waals surface area (Å²) in [5.74, 6) is 0. The number of hydrogen-bond donors (Lipinski definition) is 1. The van der Waals surface area contributed by atoms with Crippen LogP contribution in [0.1, 0.15) is 29.8 Å². The van der Waals surface area contributed by atoms with Crippen molar-refractivity contribution in [2.24, 2.45) is 0 Å². The topological polar surface area (TPSA) is 61.9 Å². The van der Waals surface area contributed by atoms with Crippen molar-refractivity contribution in [2.45, 2.75) is 19.5 Å². The molecule has 1 aromatic heterocycles. The van der Waals surface area contributed by atoms with Crippen molar-refractivity contribution in [1.82, 2.24) is 10.5 Å². The Morgan fingerprint density at radius 3 is 3.06 bits per heavy atom. The fourth-order valence-corrected chi connectivity index (χ4v) is 1.58. The van der Waals surface area contributed by atoms with Gasteiger partial charge in [-0.25, -0.2) is 0 Å². The van der Waals surface area contributed by atoms with Crippen molar-refractivity contribution in [3.8, 4) is 6.07 Å². The van der Waals surface area contributed by atoms with Gasteiger partial charge in [0.05, 0.1) is 17.3 Å². The lowest BCUT2D eigenvalue weighted by Crippen LogP contribution is -2.18. The molecule has 0 saturated carbocycles. The molecule has 0 aliphatic heterocycles. The molecule has 0 fully saturated rings. The van der Waals surface area contributed by atoms with Gasteiger partial charge < -0.3 is 9.84 Å². The van der Waals surface area contributed by atoms with Crippen LogP contribution >= 0.6 is 0 Å². The SMILES string of the molecule is CC(NCc1ccon1)c1cccc(C#N)c1. The van der Waals surface area contributed by atoms with E-state index in [0.29, 0.717) is 12.1 Å². The molecule has 2 aromatic rings. The molecule has 0 spiro atoms. The van der Waals surface area contributed by atoms with Gasteiger partial charge in [0, 0.05) is 18.7 Å². The first kappa shape index (κ1) is 11.4. The van der Waals surface area contributed by atoms with Crippen LogP contribution in [0.15, 0.2) is 41.1 Å². The van der Waals surface area contributed by atoms with Gasteiger partial charge in [-0.05, 0) is 24.6 Å². The molecule has 1 aromatic carbocycles. The number of benzene rings is 1. The second kappa shape index (κ2) is 5.28. The first-order valence-corrected chi connectivity index (χ1v) is 5.42. The molecule has 0 radical (unpaired) electrons. The molecular weight excluding hydrogens is 214 g/mol. The predicted octanol–water partition coefficient (Wildman–Crippen LogP) is 2.40. The van der Waals surface area contributed by atoms with Crippen molar-refractivity contribution in [3.63, 3.8) is 0 Å². The number of hydrogen-bond acceptors (Lipinski definition) is 4. The maximum atomic E-state index is 8.83. The average molecular weight is 227 g/mol. The predicted molar refractivity (Wildman–Crippen MR) is 62.9 cm³/mol. The second-order valence-corrected chi connectivity index (χ2v) is 3.83. The molecule has 1 atom stereocenters. The third-order valence-corrected chi connectivity index (χ3v) is 2.60. The summed E-state index contributed by atoms with van der Waals surface area (Å²) in [5, 5.41) is 16.0. The zero-order valence-corrected chi connectivity index (χ0v) is 9.55. The Kier molecular flexibility index (Phi) is 3.53. The van der Waals surface area contributed by atoms with Gasteiger partial charge in [-0.1, -0.05) is 17.3 Å². The normalized spacial score (nSPS) is 12.0. The Bertz CT molecular complexity index is 514. The second-order valence-electron chi connectivity index (χ2n) is 3.83. The Balaban J connectivity index is 1.99. The van der Waals surface area contributed by atoms with Gasteiger partial charge >= 0.3 is 0 Å². The molecule has 17 heavy (non-hydrogen) atoms. The van der Waals surface area contributed by atoms with Crippen LogP contribution in [0.5, 0.6) is 0 Å². The van der Waals surface area contributed by atoms with Crippen LogP contribution in [-0.4, -0.2) is 5.16 Å². The number of nitriles is 1. The van der Waals surface area contributed by atoms with Crippen LogP contribution in [0.3, 0.4) is 0 Å². The van der Waals surface area contributed by atoms with Crippen LogP contribution in [0.4, 0.5) is 0 Å². The molecule has 0 aliphatic carbocycles. The largest absolute Gasteiger partial charge is 0.364 e. The number of rotatable bonds is 4. The third kappa shape index (κ3) is 2.92. The van der Waals surface area contributed by atoms with Crippen molar-refractivity contribution in [3.05, 3.63) is 53.4 Å². The zero-order chi connectivity index (χ0) is 12.1. The molecule has 86 valence electrons. The third-order valence-electron chi connectivity index (χ3n) is 2.60. The van der Waals surface area contributed by atoms with E-state index in [-0.39, 0.29) is 6.04 Å². The summed E-state index contributed by atoms with van der Waals surface area (Å²) >= 11 is 0. The fourth-order valence-electron chi connectivity index (χ4n) is 1.58. The van der Waals surface area contributed by atoms with E-state index < -0.39 is 0 Å². The smallest absolute Gasteiger partial charge is 0.124 e. The quantitative estimate of drug-likeness (QED) is 0.871. The summed E-state index contributed by atoms with van der Waals surface area (Å²) < 4.78 is 4.76. The number of nitrogens with zero attached hydrogens (tertiary/aromatic N) is 2. The van der Waals surface area contributed by atoms with Crippen LogP contribution in [0.2, 0.25) is 0 Å². The summed E-state index contributed by atoms with van der Waals surface area (Å²) in [5.41, 5.74) is 2.64. The highest BCUT2D eigenvalue weighted by Gasteiger charge is 2.06. The standard InChI is InChI=1S/C13H13N3O/c1-10(15-9-13-5-6-17-16-13)12-4-2-3-11(7-12)8-14/h2-7,10,15H,9H2,1H3. The van der Waals surface area contributed by atoms with E-state index in [9.17, 15) is 0 Å². The maximum Gasteiger partial charge on any atom is 0.124 e. The van der Waals surface area contributed by atoms with Gasteiger partial charge in [-0.15, -0.1) is 0 Å². The molecular formula is C13H13N3O. The minimum absolute atomic E-state index is 0.167. The molecule has 0 saturated heterocycles. The molecule has 1 N–H and O–H groups in total. The monoisotopic (exact) mass is 227 g/mol. The summed E-state index contributed by atoms with van der Waals surface area (Å²) in [6, 6.07) is 11.7. The minimum atomic E-state index is 0.167. The van der Waals surface area contributed by atoms with Gasteiger partial charge in [0.2, 0.25) is 0 Å². The van der Waals surface area contributed by atoms with Crippen LogP contribution < -0.4 is 5.32 Å². The Hall–Kier alpha value is -2.12. The number of nitrogens with one attached hydrogen (secondary N) is 1. The Morgan fingerprint density at radius 2 is 2.35 bits per heavy atom. The van der Waals surface area contributed by atoms with E-state index in [1.165, 1.54) is 0 Å². The van der Waals surface area contributed by atoms with Gasteiger partial charge in [-0.2, -0.15) is 5.26 Å².